The predicted molar refractivity (Wildman–Crippen MR) is 68.2 cm³/mol. The molecule has 0 amide bonds. The molecule has 0 spiro atoms. The first-order valence-corrected chi connectivity index (χ1v) is 6.11. The molecule has 1 rings (SSSR count). The molecule has 0 aliphatic carbocycles. The third kappa shape index (κ3) is 6.29. The Bertz CT molecular complexity index is 293. The summed E-state index contributed by atoms with van der Waals surface area (Å²) in [6.07, 6.45) is 2.67. The summed E-state index contributed by atoms with van der Waals surface area (Å²) in [7, 11) is 1.66. The van der Waals surface area contributed by atoms with E-state index in [4.69, 9.17) is 14.6 Å². The number of ether oxygens (including phenoxy) is 2. The van der Waals surface area contributed by atoms with Crippen LogP contribution in [-0.4, -0.2) is 24.9 Å². The lowest BCUT2D eigenvalue weighted by Crippen LogP contribution is -2.01. The fourth-order valence-corrected chi connectivity index (χ4v) is 1.56. The van der Waals surface area contributed by atoms with E-state index in [1.165, 1.54) is 0 Å². The molecule has 0 fully saturated rings. The second kappa shape index (κ2) is 8.09. The van der Waals surface area contributed by atoms with Crippen molar-refractivity contribution in [3.8, 4) is 5.75 Å². The van der Waals surface area contributed by atoms with Crippen LogP contribution in [0.3, 0.4) is 0 Å². The van der Waals surface area contributed by atoms with E-state index in [1.807, 2.05) is 31.2 Å². The van der Waals surface area contributed by atoms with Crippen molar-refractivity contribution in [3.05, 3.63) is 29.8 Å². The smallest absolute Gasteiger partial charge is 0.118 e. The summed E-state index contributed by atoms with van der Waals surface area (Å²) in [5.41, 5.74) is 1.15. The highest BCUT2D eigenvalue weighted by Crippen LogP contribution is 2.12. The van der Waals surface area contributed by atoms with Crippen molar-refractivity contribution in [1.29, 1.82) is 0 Å². The molecule has 0 radical (unpaired) electrons. The highest BCUT2D eigenvalue weighted by atomic mass is 16.5. The van der Waals surface area contributed by atoms with Crippen LogP contribution in [0.1, 0.15) is 31.7 Å². The second-order valence-corrected chi connectivity index (χ2v) is 4.25. The van der Waals surface area contributed by atoms with Crippen molar-refractivity contribution in [2.24, 2.45) is 0 Å². The molecule has 0 aliphatic heterocycles. The largest absolute Gasteiger partial charge is 0.497 e. The van der Waals surface area contributed by atoms with Crippen LogP contribution in [0, 0.1) is 0 Å². The Hall–Kier alpha value is -1.06. The summed E-state index contributed by atoms with van der Waals surface area (Å²) < 4.78 is 10.6. The van der Waals surface area contributed by atoms with Gasteiger partial charge in [-0.1, -0.05) is 12.1 Å². The first-order chi connectivity index (χ1) is 8.22. The zero-order valence-electron chi connectivity index (χ0n) is 10.7. The molecule has 0 bridgehead atoms. The number of rotatable bonds is 8. The van der Waals surface area contributed by atoms with Gasteiger partial charge >= 0.3 is 0 Å². The topological polar surface area (TPSA) is 38.7 Å². The molecular formula is C14H22O3. The molecule has 1 unspecified atom stereocenters. The number of methoxy groups -OCH3 is 1. The maximum absolute atomic E-state index is 9.08. The predicted octanol–water partition coefficient (Wildman–Crippen LogP) is 2.76. The Balaban J connectivity index is 2.09. The van der Waals surface area contributed by atoms with E-state index in [0.717, 1.165) is 37.2 Å². The SMILES string of the molecule is COc1ccc(COCCCCC(C)O)cc1. The first kappa shape index (κ1) is 14.0. The Morgan fingerprint density at radius 1 is 1.18 bits per heavy atom. The average Bonchev–Trinajstić information content (AvgIpc) is 2.34. The van der Waals surface area contributed by atoms with E-state index in [-0.39, 0.29) is 6.10 Å². The third-order valence-corrected chi connectivity index (χ3v) is 2.59. The Kier molecular flexibility index (Phi) is 6.67. The quantitative estimate of drug-likeness (QED) is 0.708. The van der Waals surface area contributed by atoms with Crippen LogP contribution in [0.5, 0.6) is 5.75 Å². The normalized spacial score (nSPS) is 12.4. The van der Waals surface area contributed by atoms with Gasteiger partial charge in [-0.15, -0.1) is 0 Å². The Labute approximate surface area is 103 Å². The molecule has 0 aliphatic rings. The number of benzene rings is 1. The van der Waals surface area contributed by atoms with E-state index in [9.17, 15) is 0 Å². The Morgan fingerprint density at radius 3 is 2.47 bits per heavy atom. The Morgan fingerprint density at radius 2 is 1.88 bits per heavy atom. The minimum Gasteiger partial charge on any atom is -0.497 e. The van der Waals surface area contributed by atoms with Crippen LogP contribution in [0.25, 0.3) is 0 Å². The van der Waals surface area contributed by atoms with Gasteiger partial charge in [-0.2, -0.15) is 0 Å². The molecule has 1 atom stereocenters. The molecule has 3 nitrogen and oxygen atoms in total. The maximum Gasteiger partial charge on any atom is 0.118 e. The van der Waals surface area contributed by atoms with Gasteiger partial charge in [0.15, 0.2) is 0 Å². The van der Waals surface area contributed by atoms with Gasteiger partial charge < -0.3 is 14.6 Å². The molecule has 3 heteroatoms. The van der Waals surface area contributed by atoms with Crippen molar-refractivity contribution in [2.75, 3.05) is 13.7 Å². The summed E-state index contributed by atoms with van der Waals surface area (Å²) in [6.45, 7) is 3.20. The lowest BCUT2D eigenvalue weighted by molar-refractivity contribution is 0.111. The van der Waals surface area contributed by atoms with Gasteiger partial charge in [-0.05, 0) is 43.9 Å². The summed E-state index contributed by atoms with van der Waals surface area (Å²) in [5.74, 6) is 0.866. The van der Waals surface area contributed by atoms with Crippen molar-refractivity contribution >= 4 is 0 Å². The van der Waals surface area contributed by atoms with E-state index in [1.54, 1.807) is 7.11 Å². The molecule has 0 saturated heterocycles. The summed E-state index contributed by atoms with van der Waals surface area (Å²) in [6, 6.07) is 7.89. The molecule has 96 valence electrons. The van der Waals surface area contributed by atoms with Crippen molar-refractivity contribution in [1.82, 2.24) is 0 Å². The zero-order valence-corrected chi connectivity index (χ0v) is 10.7. The van der Waals surface area contributed by atoms with Crippen molar-refractivity contribution in [2.45, 2.75) is 38.9 Å². The fourth-order valence-electron chi connectivity index (χ4n) is 1.56. The minimum absolute atomic E-state index is 0.198. The van der Waals surface area contributed by atoms with Gasteiger partial charge in [-0.3, -0.25) is 0 Å². The molecule has 0 saturated carbocycles. The number of hydrogen-bond donors (Lipinski definition) is 1. The monoisotopic (exact) mass is 238 g/mol. The van der Waals surface area contributed by atoms with Gasteiger partial charge in [0.2, 0.25) is 0 Å². The molecule has 17 heavy (non-hydrogen) atoms. The van der Waals surface area contributed by atoms with Gasteiger partial charge in [0, 0.05) is 6.61 Å². The van der Waals surface area contributed by atoms with E-state index < -0.39 is 0 Å². The van der Waals surface area contributed by atoms with Crippen LogP contribution in [0.2, 0.25) is 0 Å². The van der Waals surface area contributed by atoms with Crippen LogP contribution in [-0.2, 0) is 11.3 Å². The fraction of sp³-hybridized carbons (Fsp3) is 0.571. The number of hydrogen-bond acceptors (Lipinski definition) is 3. The maximum atomic E-state index is 9.08. The number of unbranched alkanes of at least 4 members (excludes halogenated alkanes) is 1. The first-order valence-electron chi connectivity index (χ1n) is 6.11. The lowest BCUT2D eigenvalue weighted by Gasteiger charge is -2.06. The van der Waals surface area contributed by atoms with Crippen LogP contribution in [0.15, 0.2) is 24.3 Å². The number of aliphatic hydroxyl groups is 1. The van der Waals surface area contributed by atoms with Gasteiger partial charge in [0.05, 0.1) is 19.8 Å². The lowest BCUT2D eigenvalue weighted by atomic mass is 10.2. The van der Waals surface area contributed by atoms with Crippen molar-refractivity contribution < 1.29 is 14.6 Å². The standard InChI is InChI=1S/C14H22O3/c1-12(15)5-3-4-10-17-11-13-6-8-14(16-2)9-7-13/h6-9,12,15H,3-5,10-11H2,1-2H3. The number of aliphatic hydroxyl groups excluding tert-OH is 1. The average molecular weight is 238 g/mol. The molecular weight excluding hydrogens is 216 g/mol. The van der Waals surface area contributed by atoms with Gasteiger partial charge in [0.25, 0.3) is 0 Å². The molecule has 0 aromatic heterocycles. The molecule has 1 N–H and O–H groups in total. The molecule has 1 aromatic rings. The zero-order chi connectivity index (χ0) is 12.5. The summed E-state index contributed by atoms with van der Waals surface area (Å²) >= 11 is 0. The van der Waals surface area contributed by atoms with E-state index in [0.29, 0.717) is 6.61 Å². The highest BCUT2D eigenvalue weighted by Gasteiger charge is 1.97. The van der Waals surface area contributed by atoms with Crippen LogP contribution < -0.4 is 4.74 Å². The van der Waals surface area contributed by atoms with E-state index >= 15 is 0 Å². The van der Waals surface area contributed by atoms with Gasteiger partial charge in [0.1, 0.15) is 5.75 Å². The van der Waals surface area contributed by atoms with Crippen LogP contribution >= 0.6 is 0 Å². The summed E-state index contributed by atoms with van der Waals surface area (Å²) in [4.78, 5) is 0. The highest BCUT2D eigenvalue weighted by molar-refractivity contribution is 5.26. The third-order valence-electron chi connectivity index (χ3n) is 2.59. The molecule has 1 aromatic carbocycles. The van der Waals surface area contributed by atoms with E-state index in [2.05, 4.69) is 0 Å². The van der Waals surface area contributed by atoms with Crippen LogP contribution in [0.4, 0.5) is 0 Å². The molecule has 0 heterocycles. The minimum atomic E-state index is -0.198. The summed E-state index contributed by atoms with van der Waals surface area (Å²) in [5, 5.41) is 9.08. The van der Waals surface area contributed by atoms with Crippen molar-refractivity contribution in [3.63, 3.8) is 0 Å². The van der Waals surface area contributed by atoms with Gasteiger partial charge in [-0.25, -0.2) is 0 Å². The second-order valence-electron chi connectivity index (χ2n) is 4.25.